The molecule has 2 saturated carbocycles. The van der Waals surface area contributed by atoms with Crippen LogP contribution in [0.3, 0.4) is 0 Å². The molecule has 4 N–H and O–H groups in total. The van der Waals surface area contributed by atoms with Crippen LogP contribution in [-0.2, 0) is 6.42 Å². The number of carbonyl (C=O) groups is 2. The maximum atomic E-state index is 14.3. The van der Waals surface area contributed by atoms with Crippen molar-refractivity contribution in [1.29, 1.82) is 0 Å². The standard InChI is InChI=1S/C28H30FN3O3/c29-17-3-9-21-23(13-17)32-24(14-28(10-1-11-28)15-25(32)34)26(21)16-2-8-20(27(30)35)22(12-16)31-18-4-6-19(33)7-5-18/h2-3,8-9,12-13,18-19,31,33H,1,4-7,10-11,14-15H2,(H2,30,35). The van der Waals surface area contributed by atoms with E-state index in [2.05, 4.69) is 5.32 Å². The third-order valence-corrected chi connectivity index (χ3v) is 8.39. The molecule has 1 amide bonds. The van der Waals surface area contributed by atoms with Gasteiger partial charge in [0, 0.05) is 34.8 Å². The molecule has 0 atom stereocenters. The number of nitrogens with one attached hydrogen (secondary N) is 1. The van der Waals surface area contributed by atoms with Gasteiger partial charge >= 0.3 is 0 Å². The van der Waals surface area contributed by atoms with Gasteiger partial charge in [0.25, 0.3) is 5.91 Å². The number of fused-ring (bicyclic) bond motifs is 3. The van der Waals surface area contributed by atoms with E-state index >= 15 is 0 Å². The van der Waals surface area contributed by atoms with E-state index in [9.17, 15) is 19.1 Å². The first-order chi connectivity index (χ1) is 16.8. The molecule has 2 aliphatic carbocycles. The van der Waals surface area contributed by atoms with E-state index in [0.29, 0.717) is 23.2 Å². The zero-order chi connectivity index (χ0) is 24.3. The van der Waals surface area contributed by atoms with E-state index in [1.165, 1.54) is 12.1 Å². The van der Waals surface area contributed by atoms with E-state index in [0.717, 1.165) is 73.6 Å². The highest BCUT2D eigenvalue weighted by atomic mass is 19.1. The van der Waals surface area contributed by atoms with Gasteiger partial charge in [-0.2, -0.15) is 0 Å². The smallest absolute Gasteiger partial charge is 0.250 e. The van der Waals surface area contributed by atoms with E-state index in [1.807, 2.05) is 12.1 Å². The van der Waals surface area contributed by atoms with Gasteiger partial charge in [0.1, 0.15) is 5.82 Å². The molecule has 1 spiro atoms. The molecule has 0 unspecified atom stereocenters. The minimum absolute atomic E-state index is 0.00588. The van der Waals surface area contributed by atoms with Crippen LogP contribution < -0.4 is 11.1 Å². The van der Waals surface area contributed by atoms with Crippen LogP contribution >= 0.6 is 0 Å². The highest BCUT2D eigenvalue weighted by molar-refractivity contribution is 6.06. The number of carbonyl (C=O) groups excluding carboxylic acids is 2. The molecule has 1 aliphatic heterocycles. The maximum absolute atomic E-state index is 14.3. The summed E-state index contributed by atoms with van der Waals surface area (Å²) >= 11 is 0. The maximum Gasteiger partial charge on any atom is 0.250 e. The number of aliphatic hydroxyl groups excluding tert-OH is 1. The van der Waals surface area contributed by atoms with Crippen molar-refractivity contribution < 1.29 is 19.1 Å². The number of nitrogens with zero attached hydrogens (tertiary/aromatic N) is 1. The molecule has 6 nitrogen and oxygen atoms in total. The van der Waals surface area contributed by atoms with Gasteiger partial charge in [-0.05, 0) is 86.3 Å². The highest BCUT2D eigenvalue weighted by Gasteiger charge is 2.45. The van der Waals surface area contributed by atoms with E-state index in [-0.39, 0.29) is 29.3 Å². The fourth-order valence-corrected chi connectivity index (χ4v) is 6.41. The first kappa shape index (κ1) is 22.3. The lowest BCUT2D eigenvalue weighted by atomic mass is 9.62. The summed E-state index contributed by atoms with van der Waals surface area (Å²) in [5, 5.41) is 14.2. The Labute approximate surface area is 203 Å². The zero-order valence-electron chi connectivity index (χ0n) is 19.6. The Morgan fingerprint density at radius 1 is 1.09 bits per heavy atom. The number of primary amides is 1. The van der Waals surface area contributed by atoms with Gasteiger partial charge in [-0.3, -0.25) is 14.2 Å². The summed E-state index contributed by atoms with van der Waals surface area (Å²) in [6.45, 7) is 0. The van der Waals surface area contributed by atoms with Crippen molar-refractivity contribution in [2.24, 2.45) is 11.1 Å². The van der Waals surface area contributed by atoms with Crippen LogP contribution in [0.15, 0.2) is 36.4 Å². The minimum Gasteiger partial charge on any atom is -0.393 e. The highest BCUT2D eigenvalue weighted by Crippen LogP contribution is 2.52. The second-order valence-corrected chi connectivity index (χ2v) is 10.7. The Balaban J connectivity index is 1.50. The van der Waals surface area contributed by atoms with Crippen molar-refractivity contribution in [3.8, 4) is 11.1 Å². The van der Waals surface area contributed by atoms with Crippen molar-refractivity contribution in [2.45, 2.75) is 69.9 Å². The first-order valence-corrected chi connectivity index (χ1v) is 12.6. The van der Waals surface area contributed by atoms with Gasteiger partial charge in [-0.1, -0.05) is 12.5 Å². The molecular formula is C28H30FN3O3. The lowest BCUT2D eigenvalue weighted by Crippen LogP contribution is -2.40. The molecule has 35 heavy (non-hydrogen) atoms. The summed E-state index contributed by atoms with van der Waals surface area (Å²) in [6, 6.07) is 10.3. The minimum atomic E-state index is -0.510. The summed E-state index contributed by atoms with van der Waals surface area (Å²) in [5.74, 6) is -0.850. The van der Waals surface area contributed by atoms with Crippen molar-refractivity contribution in [3.05, 3.63) is 53.5 Å². The molecule has 7 heteroatoms. The number of aliphatic hydroxyl groups is 1. The third-order valence-electron chi connectivity index (χ3n) is 8.39. The summed E-state index contributed by atoms with van der Waals surface area (Å²) < 4.78 is 16.0. The summed E-state index contributed by atoms with van der Waals surface area (Å²) in [7, 11) is 0. The number of nitrogens with two attached hydrogens (primary N) is 1. The van der Waals surface area contributed by atoms with Crippen molar-refractivity contribution in [1.82, 2.24) is 4.57 Å². The molecular weight excluding hydrogens is 445 g/mol. The number of halogens is 1. The van der Waals surface area contributed by atoms with Crippen molar-refractivity contribution in [2.75, 3.05) is 5.32 Å². The first-order valence-electron chi connectivity index (χ1n) is 12.6. The molecule has 2 aromatic carbocycles. The molecule has 1 aromatic heterocycles. The molecule has 6 rings (SSSR count). The Hall–Kier alpha value is -3.19. The van der Waals surface area contributed by atoms with Crippen molar-refractivity contribution in [3.63, 3.8) is 0 Å². The van der Waals surface area contributed by atoms with Crippen LogP contribution in [0.4, 0.5) is 10.1 Å². The van der Waals surface area contributed by atoms with Gasteiger partial charge < -0.3 is 16.2 Å². The molecule has 0 bridgehead atoms. The van der Waals surface area contributed by atoms with Gasteiger partial charge in [0.15, 0.2) is 0 Å². The molecule has 3 aromatic rings. The van der Waals surface area contributed by atoms with Crippen molar-refractivity contribution >= 4 is 28.4 Å². The molecule has 3 aliphatic rings. The van der Waals surface area contributed by atoms with E-state index in [1.54, 1.807) is 16.7 Å². The second-order valence-electron chi connectivity index (χ2n) is 10.7. The number of amides is 1. The molecule has 2 heterocycles. The fourth-order valence-electron chi connectivity index (χ4n) is 6.41. The zero-order valence-corrected chi connectivity index (χ0v) is 19.6. The summed E-state index contributed by atoms with van der Waals surface area (Å²) in [5.41, 5.74) is 10.1. The second kappa shape index (κ2) is 8.19. The summed E-state index contributed by atoms with van der Waals surface area (Å²) in [6.07, 6.45) is 7.28. The lowest BCUT2D eigenvalue weighted by molar-refractivity contribution is 0.0600. The number of aromatic nitrogens is 1. The number of hydrogen-bond acceptors (Lipinski definition) is 4. The monoisotopic (exact) mass is 475 g/mol. The number of anilines is 1. The van der Waals surface area contributed by atoms with Crippen LogP contribution in [0.5, 0.6) is 0 Å². The number of rotatable bonds is 4. The van der Waals surface area contributed by atoms with E-state index < -0.39 is 5.91 Å². The Morgan fingerprint density at radius 2 is 1.86 bits per heavy atom. The van der Waals surface area contributed by atoms with Crippen LogP contribution in [0.2, 0.25) is 0 Å². The van der Waals surface area contributed by atoms with Crippen LogP contribution in [0.25, 0.3) is 22.0 Å². The van der Waals surface area contributed by atoms with Crippen LogP contribution in [0, 0.1) is 11.2 Å². The van der Waals surface area contributed by atoms with Gasteiger partial charge in [0.05, 0.1) is 17.2 Å². The molecule has 0 saturated heterocycles. The Morgan fingerprint density at radius 3 is 2.54 bits per heavy atom. The largest absolute Gasteiger partial charge is 0.393 e. The molecule has 2 fully saturated rings. The van der Waals surface area contributed by atoms with Crippen LogP contribution in [0.1, 0.15) is 72.2 Å². The normalized spacial score (nSPS) is 23.2. The average Bonchev–Trinajstić information content (AvgIpc) is 3.13. The molecule has 0 radical (unpaired) electrons. The summed E-state index contributed by atoms with van der Waals surface area (Å²) in [4.78, 5) is 25.5. The van der Waals surface area contributed by atoms with Gasteiger partial charge in [-0.15, -0.1) is 0 Å². The fraction of sp³-hybridized carbons (Fsp3) is 0.429. The van der Waals surface area contributed by atoms with Crippen LogP contribution in [-0.4, -0.2) is 33.6 Å². The van der Waals surface area contributed by atoms with Gasteiger partial charge in [0.2, 0.25) is 5.91 Å². The third kappa shape index (κ3) is 3.73. The van der Waals surface area contributed by atoms with Gasteiger partial charge in [-0.25, -0.2) is 4.39 Å². The number of benzene rings is 2. The Kier molecular flexibility index (Phi) is 5.22. The predicted octanol–water partition coefficient (Wildman–Crippen LogP) is 5.02. The average molecular weight is 476 g/mol. The topological polar surface area (TPSA) is 97.4 Å². The molecule has 182 valence electrons. The lowest BCUT2D eigenvalue weighted by Gasteiger charge is -2.44. The SMILES string of the molecule is NC(=O)c1ccc(-c2c3n(c4cc(F)ccc24)C(=O)CC2(CCC2)C3)cc1NC1CCC(O)CC1. The quantitative estimate of drug-likeness (QED) is 0.494. The Bertz CT molecular complexity index is 1350. The number of hydrogen-bond donors (Lipinski definition) is 3. The predicted molar refractivity (Wildman–Crippen MR) is 133 cm³/mol. The van der Waals surface area contributed by atoms with E-state index in [4.69, 9.17) is 5.73 Å².